The van der Waals surface area contributed by atoms with Gasteiger partial charge in [0.05, 0.1) is 6.20 Å². The summed E-state index contributed by atoms with van der Waals surface area (Å²) in [6.45, 7) is 5.98. The molecule has 2 aromatic heterocycles. The molecule has 2 aromatic rings. The second-order valence-electron chi connectivity index (χ2n) is 3.37. The molecule has 0 radical (unpaired) electrons. The van der Waals surface area contributed by atoms with E-state index in [1.54, 1.807) is 11.0 Å². The molecule has 0 aromatic carbocycles. The Bertz CT molecular complexity index is 459. The largest absolute Gasteiger partial charge is 0.241 e. The van der Waals surface area contributed by atoms with Gasteiger partial charge in [0.15, 0.2) is 5.82 Å². The van der Waals surface area contributed by atoms with Gasteiger partial charge in [-0.3, -0.25) is 0 Å². The molecule has 0 amide bonds. The molecule has 0 unspecified atom stereocenters. The first kappa shape index (κ1) is 8.87. The zero-order chi connectivity index (χ0) is 10.1. The normalized spacial score (nSPS) is 10.5. The Labute approximate surface area is 82.6 Å². The van der Waals surface area contributed by atoms with Crippen molar-refractivity contribution in [2.45, 2.75) is 20.8 Å². The van der Waals surface area contributed by atoms with E-state index in [-0.39, 0.29) is 0 Å². The van der Waals surface area contributed by atoms with Crippen molar-refractivity contribution in [3.05, 3.63) is 35.5 Å². The van der Waals surface area contributed by atoms with Gasteiger partial charge in [-0.15, -0.1) is 0 Å². The molecule has 14 heavy (non-hydrogen) atoms. The first-order valence-electron chi connectivity index (χ1n) is 4.48. The van der Waals surface area contributed by atoms with Gasteiger partial charge in [-0.1, -0.05) is 0 Å². The van der Waals surface area contributed by atoms with Gasteiger partial charge in [0.1, 0.15) is 6.33 Å². The van der Waals surface area contributed by atoms with Crippen LogP contribution in [0, 0.1) is 20.8 Å². The second-order valence-corrected chi connectivity index (χ2v) is 3.37. The van der Waals surface area contributed by atoms with E-state index in [1.807, 2.05) is 33.2 Å². The molecular weight excluding hydrogens is 176 g/mol. The molecule has 0 aliphatic carbocycles. The highest BCUT2D eigenvalue weighted by Gasteiger charge is 2.05. The first-order valence-corrected chi connectivity index (χ1v) is 4.48. The average molecular weight is 188 g/mol. The predicted molar refractivity (Wildman–Crippen MR) is 53.4 cm³/mol. The molecule has 0 aliphatic rings. The Morgan fingerprint density at radius 1 is 1.14 bits per heavy atom. The topological polar surface area (TPSA) is 43.6 Å². The minimum Gasteiger partial charge on any atom is -0.241 e. The highest BCUT2D eigenvalue weighted by atomic mass is 15.3. The monoisotopic (exact) mass is 188 g/mol. The Morgan fingerprint density at radius 3 is 2.57 bits per heavy atom. The standard InChI is InChI=1S/C10H12N4/c1-7-4-13-14(5-7)10-8(2)9(3)11-6-12-10/h4-6H,1-3H3. The lowest BCUT2D eigenvalue weighted by molar-refractivity contribution is 0.822. The van der Waals surface area contributed by atoms with Crippen molar-refractivity contribution in [2.75, 3.05) is 0 Å². The highest BCUT2D eigenvalue weighted by Crippen LogP contribution is 2.11. The van der Waals surface area contributed by atoms with E-state index in [1.165, 1.54) is 0 Å². The van der Waals surface area contributed by atoms with Crippen LogP contribution in [0.15, 0.2) is 18.7 Å². The van der Waals surface area contributed by atoms with Crippen molar-refractivity contribution in [3.63, 3.8) is 0 Å². The molecular formula is C10H12N4. The lowest BCUT2D eigenvalue weighted by Gasteiger charge is -2.05. The highest BCUT2D eigenvalue weighted by molar-refractivity contribution is 5.34. The zero-order valence-electron chi connectivity index (χ0n) is 8.52. The van der Waals surface area contributed by atoms with Crippen molar-refractivity contribution < 1.29 is 0 Å². The van der Waals surface area contributed by atoms with Crippen LogP contribution in [0.2, 0.25) is 0 Å². The van der Waals surface area contributed by atoms with E-state index >= 15 is 0 Å². The summed E-state index contributed by atoms with van der Waals surface area (Å²) in [5.41, 5.74) is 3.18. The summed E-state index contributed by atoms with van der Waals surface area (Å²) in [6.07, 6.45) is 5.33. The molecule has 0 N–H and O–H groups in total. The van der Waals surface area contributed by atoms with Crippen LogP contribution in [0.3, 0.4) is 0 Å². The smallest absolute Gasteiger partial charge is 0.159 e. The van der Waals surface area contributed by atoms with Gasteiger partial charge in [0.25, 0.3) is 0 Å². The third-order valence-corrected chi connectivity index (χ3v) is 2.24. The molecule has 0 bridgehead atoms. The third-order valence-electron chi connectivity index (χ3n) is 2.24. The van der Waals surface area contributed by atoms with Gasteiger partial charge in [-0.2, -0.15) is 5.10 Å². The molecule has 72 valence electrons. The molecule has 4 heteroatoms. The van der Waals surface area contributed by atoms with Crippen LogP contribution in [0.5, 0.6) is 0 Å². The maximum atomic E-state index is 4.21. The van der Waals surface area contributed by atoms with E-state index in [4.69, 9.17) is 0 Å². The van der Waals surface area contributed by atoms with E-state index in [0.29, 0.717) is 0 Å². The fourth-order valence-electron chi connectivity index (χ4n) is 1.29. The number of hydrogen-bond donors (Lipinski definition) is 0. The van der Waals surface area contributed by atoms with Crippen LogP contribution >= 0.6 is 0 Å². The van der Waals surface area contributed by atoms with Crippen LogP contribution in [0.4, 0.5) is 0 Å². The Kier molecular flexibility index (Phi) is 2.04. The molecule has 0 aliphatic heterocycles. The zero-order valence-corrected chi connectivity index (χ0v) is 8.52. The number of nitrogens with zero attached hydrogens (tertiary/aromatic N) is 4. The fourth-order valence-corrected chi connectivity index (χ4v) is 1.29. The van der Waals surface area contributed by atoms with E-state index < -0.39 is 0 Å². The van der Waals surface area contributed by atoms with Gasteiger partial charge in [-0.05, 0) is 26.3 Å². The van der Waals surface area contributed by atoms with Crippen molar-refractivity contribution in [2.24, 2.45) is 0 Å². The minimum atomic E-state index is 0.852. The van der Waals surface area contributed by atoms with Gasteiger partial charge in [-0.25, -0.2) is 14.6 Å². The number of aryl methyl sites for hydroxylation is 2. The van der Waals surface area contributed by atoms with E-state index in [2.05, 4.69) is 15.1 Å². The molecule has 0 spiro atoms. The second kappa shape index (κ2) is 3.21. The predicted octanol–water partition coefficient (Wildman–Crippen LogP) is 1.59. The average Bonchev–Trinajstić information content (AvgIpc) is 2.57. The lowest BCUT2D eigenvalue weighted by Crippen LogP contribution is -2.03. The summed E-state index contributed by atoms with van der Waals surface area (Å²) in [4.78, 5) is 8.33. The molecule has 0 saturated carbocycles. The summed E-state index contributed by atoms with van der Waals surface area (Å²) in [5, 5.41) is 4.21. The minimum absolute atomic E-state index is 0.852. The van der Waals surface area contributed by atoms with Gasteiger partial charge in [0.2, 0.25) is 0 Å². The van der Waals surface area contributed by atoms with Crippen molar-refractivity contribution in [1.82, 2.24) is 19.7 Å². The summed E-state index contributed by atoms with van der Waals surface area (Å²) < 4.78 is 1.78. The van der Waals surface area contributed by atoms with Crippen LogP contribution < -0.4 is 0 Å². The Hall–Kier alpha value is -1.71. The van der Waals surface area contributed by atoms with Gasteiger partial charge >= 0.3 is 0 Å². The fraction of sp³-hybridized carbons (Fsp3) is 0.300. The number of hydrogen-bond acceptors (Lipinski definition) is 3. The van der Waals surface area contributed by atoms with Crippen LogP contribution in [-0.2, 0) is 0 Å². The van der Waals surface area contributed by atoms with Crippen molar-refractivity contribution >= 4 is 0 Å². The van der Waals surface area contributed by atoms with Crippen molar-refractivity contribution in [1.29, 1.82) is 0 Å². The Morgan fingerprint density at radius 2 is 1.93 bits per heavy atom. The van der Waals surface area contributed by atoms with E-state index in [0.717, 1.165) is 22.6 Å². The SMILES string of the molecule is Cc1cnn(-c2ncnc(C)c2C)c1. The Balaban J connectivity index is 2.57. The van der Waals surface area contributed by atoms with Gasteiger partial charge in [0, 0.05) is 17.5 Å². The molecule has 0 saturated heterocycles. The molecule has 2 rings (SSSR count). The summed E-state index contributed by atoms with van der Waals surface area (Å²) in [7, 11) is 0. The molecule has 0 fully saturated rings. The maximum absolute atomic E-state index is 4.21. The number of rotatable bonds is 1. The molecule has 0 atom stereocenters. The van der Waals surface area contributed by atoms with Crippen LogP contribution in [0.25, 0.3) is 5.82 Å². The maximum Gasteiger partial charge on any atom is 0.159 e. The van der Waals surface area contributed by atoms with Crippen LogP contribution in [0.1, 0.15) is 16.8 Å². The first-order chi connectivity index (χ1) is 6.68. The third kappa shape index (κ3) is 1.39. The molecule has 4 nitrogen and oxygen atoms in total. The summed E-state index contributed by atoms with van der Waals surface area (Å²) >= 11 is 0. The summed E-state index contributed by atoms with van der Waals surface area (Å²) in [6, 6.07) is 0. The quantitative estimate of drug-likeness (QED) is 0.682. The lowest BCUT2D eigenvalue weighted by atomic mass is 10.2. The van der Waals surface area contributed by atoms with Crippen molar-refractivity contribution in [3.8, 4) is 5.82 Å². The molecule has 2 heterocycles. The summed E-state index contributed by atoms with van der Waals surface area (Å²) in [5.74, 6) is 0.852. The number of aromatic nitrogens is 4. The van der Waals surface area contributed by atoms with E-state index in [9.17, 15) is 0 Å². The van der Waals surface area contributed by atoms with Crippen LogP contribution in [-0.4, -0.2) is 19.7 Å². The van der Waals surface area contributed by atoms with Gasteiger partial charge < -0.3 is 0 Å².